The van der Waals surface area contributed by atoms with Crippen molar-refractivity contribution in [3.8, 4) is 0 Å². The maximum Gasteiger partial charge on any atom is 0.177 e. The molecule has 2 N–H and O–H groups in total. The van der Waals surface area contributed by atoms with Gasteiger partial charge in [-0.1, -0.05) is 74.0 Å². The molecule has 0 bridgehead atoms. The third-order valence-corrected chi connectivity index (χ3v) is 5.18. The first kappa shape index (κ1) is 22.6. The molecule has 0 radical (unpaired) electrons. The lowest BCUT2D eigenvalue weighted by molar-refractivity contribution is -0.269. The largest absolute Gasteiger partial charge is 0.388 e. The third-order valence-electron chi connectivity index (χ3n) is 5.18. The van der Waals surface area contributed by atoms with E-state index in [0.717, 1.165) is 17.5 Å². The lowest BCUT2D eigenvalue weighted by Gasteiger charge is -2.36. The molecule has 2 aromatic carbocycles. The predicted molar refractivity (Wildman–Crippen MR) is 114 cm³/mol. The van der Waals surface area contributed by atoms with E-state index < -0.39 is 24.6 Å². The molecule has 0 aromatic heterocycles. The number of rotatable bonds is 10. The summed E-state index contributed by atoms with van der Waals surface area (Å²) in [6.45, 7) is 3.25. The van der Waals surface area contributed by atoms with E-state index >= 15 is 0 Å². The van der Waals surface area contributed by atoms with Gasteiger partial charge in [0.2, 0.25) is 0 Å². The molecule has 1 fully saturated rings. The van der Waals surface area contributed by atoms with Crippen molar-refractivity contribution in [2.75, 3.05) is 13.2 Å². The maximum atomic E-state index is 12.9. The van der Waals surface area contributed by atoms with Crippen molar-refractivity contribution in [1.82, 2.24) is 4.90 Å². The topological polar surface area (TPSA) is 79.2 Å². The first-order valence-corrected chi connectivity index (χ1v) is 10.5. The fourth-order valence-corrected chi connectivity index (χ4v) is 3.63. The van der Waals surface area contributed by atoms with Gasteiger partial charge in [-0.05, 0) is 17.5 Å². The highest BCUT2D eigenvalue weighted by Gasteiger charge is 2.38. The van der Waals surface area contributed by atoms with E-state index in [-0.39, 0.29) is 18.9 Å². The summed E-state index contributed by atoms with van der Waals surface area (Å²) < 4.78 is 11.1. The number of benzene rings is 2. The van der Waals surface area contributed by atoms with E-state index in [4.69, 9.17) is 9.47 Å². The number of aliphatic hydroxyl groups is 2. The van der Waals surface area contributed by atoms with Crippen molar-refractivity contribution in [3.05, 3.63) is 71.8 Å². The van der Waals surface area contributed by atoms with Crippen molar-refractivity contribution in [2.45, 2.75) is 57.5 Å². The average Bonchev–Trinajstić information content (AvgIpc) is 2.76. The quantitative estimate of drug-likeness (QED) is 0.623. The third kappa shape index (κ3) is 6.45. The molecule has 2 aromatic rings. The normalized spacial score (nSPS) is 22.7. The second-order valence-corrected chi connectivity index (χ2v) is 7.75. The van der Waals surface area contributed by atoms with E-state index in [2.05, 4.69) is 0 Å². The summed E-state index contributed by atoms with van der Waals surface area (Å²) in [5.41, 5.74) is 2.17. The van der Waals surface area contributed by atoms with Gasteiger partial charge in [-0.3, -0.25) is 9.69 Å². The molecule has 0 aliphatic carbocycles. The number of carbonyl (C=O) groups excluding carboxylic acids is 1. The molecule has 0 amide bonds. The summed E-state index contributed by atoms with van der Waals surface area (Å²) in [5.74, 6) is -0.372. The van der Waals surface area contributed by atoms with Crippen LogP contribution < -0.4 is 0 Å². The van der Waals surface area contributed by atoms with Crippen LogP contribution in [0, 0.1) is 0 Å². The van der Waals surface area contributed by atoms with Gasteiger partial charge in [-0.15, -0.1) is 0 Å². The molecule has 4 atom stereocenters. The highest BCUT2D eigenvalue weighted by atomic mass is 16.7. The molecule has 0 spiro atoms. The number of Topliss-reactive ketones (excluding diaryl/α,β-unsaturated/α-hetero) is 1. The molecular formula is C24H31NO5. The first-order chi connectivity index (χ1) is 14.6. The van der Waals surface area contributed by atoms with Gasteiger partial charge in [0.15, 0.2) is 12.1 Å². The van der Waals surface area contributed by atoms with Gasteiger partial charge in [0.25, 0.3) is 0 Å². The fraction of sp³-hybridized carbons (Fsp3) is 0.458. The van der Waals surface area contributed by atoms with Gasteiger partial charge < -0.3 is 19.7 Å². The standard InChI is InChI=1S/C24H31NO5/c1-2-9-22-29-17-21(27)24(30-22)23(28)20(26)16-25(14-18-10-5-3-6-11-18)15-19-12-7-4-8-13-19/h3-8,10-13,21-24,27-28H,2,9,14-17H2,1H3/t21-,22?,23-,24-/m1/s1. The second kappa shape index (κ2) is 11.3. The Hall–Kier alpha value is -2.09. The van der Waals surface area contributed by atoms with Crippen molar-refractivity contribution in [2.24, 2.45) is 0 Å². The van der Waals surface area contributed by atoms with Crippen molar-refractivity contribution in [3.63, 3.8) is 0 Å². The number of aliphatic hydroxyl groups excluding tert-OH is 2. The Kier molecular flexibility index (Phi) is 8.54. The van der Waals surface area contributed by atoms with E-state index in [9.17, 15) is 15.0 Å². The monoisotopic (exact) mass is 413 g/mol. The van der Waals surface area contributed by atoms with Crippen molar-refractivity contribution in [1.29, 1.82) is 0 Å². The van der Waals surface area contributed by atoms with Gasteiger partial charge in [0.1, 0.15) is 18.3 Å². The van der Waals surface area contributed by atoms with E-state index in [1.807, 2.05) is 72.5 Å². The van der Waals surface area contributed by atoms with Crippen LogP contribution in [-0.2, 0) is 27.4 Å². The van der Waals surface area contributed by atoms with Crippen LogP contribution in [0.4, 0.5) is 0 Å². The molecule has 1 unspecified atom stereocenters. The Labute approximate surface area is 178 Å². The molecule has 1 saturated heterocycles. The molecular weight excluding hydrogens is 382 g/mol. The molecule has 6 nitrogen and oxygen atoms in total. The Balaban J connectivity index is 1.68. The number of nitrogens with zero attached hydrogens (tertiary/aromatic N) is 1. The van der Waals surface area contributed by atoms with Gasteiger partial charge in [0.05, 0.1) is 13.2 Å². The Morgan fingerprint density at radius 2 is 1.63 bits per heavy atom. The summed E-state index contributed by atoms with van der Waals surface area (Å²) >= 11 is 0. The van der Waals surface area contributed by atoms with Crippen LogP contribution in [0.3, 0.4) is 0 Å². The fourth-order valence-electron chi connectivity index (χ4n) is 3.63. The molecule has 1 aliphatic rings. The number of hydrogen-bond acceptors (Lipinski definition) is 6. The molecule has 30 heavy (non-hydrogen) atoms. The van der Waals surface area contributed by atoms with Gasteiger partial charge in [-0.25, -0.2) is 0 Å². The summed E-state index contributed by atoms with van der Waals surface area (Å²) in [6, 6.07) is 19.8. The van der Waals surface area contributed by atoms with Crippen LogP contribution in [0.2, 0.25) is 0 Å². The minimum atomic E-state index is -1.41. The van der Waals surface area contributed by atoms with E-state index in [1.165, 1.54) is 0 Å². The Morgan fingerprint density at radius 1 is 1.07 bits per heavy atom. The van der Waals surface area contributed by atoms with Crippen molar-refractivity contribution < 1.29 is 24.5 Å². The van der Waals surface area contributed by atoms with Crippen LogP contribution in [0.5, 0.6) is 0 Å². The minimum absolute atomic E-state index is 0.0524. The average molecular weight is 414 g/mol. The number of ether oxygens (including phenoxy) is 2. The SMILES string of the molecule is CCCC1OC[C@@H](O)[C@H]([C@H](O)C(=O)CN(Cc2ccccc2)Cc2ccccc2)O1. The van der Waals surface area contributed by atoms with Gasteiger partial charge in [-0.2, -0.15) is 0 Å². The second-order valence-electron chi connectivity index (χ2n) is 7.75. The number of hydrogen-bond donors (Lipinski definition) is 2. The number of ketones is 1. The minimum Gasteiger partial charge on any atom is -0.388 e. The highest BCUT2D eigenvalue weighted by molar-refractivity contribution is 5.85. The van der Waals surface area contributed by atoms with E-state index in [0.29, 0.717) is 19.5 Å². The van der Waals surface area contributed by atoms with Crippen LogP contribution in [0.25, 0.3) is 0 Å². The van der Waals surface area contributed by atoms with Gasteiger partial charge >= 0.3 is 0 Å². The predicted octanol–water partition coefficient (Wildman–Crippen LogP) is 2.52. The smallest absolute Gasteiger partial charge is 0.177 e. The summed E-state index contributed by atoms with van der Waals surface area (Å²) in [5, 5.41) is 20.9. The lowest BCUT2D eigenvalue weighted by Crippen LogP contribution is -2.53. The molecule has 1 heterocycles. The zero-order chi connectivity index (χ0) is 21.3. The zero-order valence-corrected chi connectivity index (χ0v) is 17.4. The lowest BCUT2D eigenvalue weighted by atomic mass is 10.0. The highest BCUT2D eigenvalue weighted by Crippen LogP contribution is 2.20. The molecule has 6 heteroatoms. The van der Waals surface area contributed by atoms with Crippen LogP contribution >= 0.6 is 0 Å². The molecule has 1 aliphatic heterocycles. The maximum absolute atomic E-state index is 12.9. The summed E-state index contributed by atoms with van der Waals surface area (Å²) in [6.07, 6.45) is -2.42. The first-order valence-electron chi connectivity index (χ1n) is 10.5. The van der Waals surface area contributed by atoms with Gasteiger partial charge in [0, 0.05) is 13.1 Å². The number of carbonyl (C=O) groups is 1. The van der Waals surface area contributed by atoms with Crippen LogP contribution in [0.1, 0.15) is 30.9 Å². The van der Waals surface area contributed by atoms with Crippen LogP contribution in [-0.4, -0.2) is 58.6 Å². The van der Waals surface area contributed by atoms with Crippen molar-refractivity contribution >= 4 is 5.78 Å². The zero-order valence-electron chi connectivity index (χ0n) is 17.4. The summed E-state index contributed by atoms with van der Waals surface area (Å²) in [7, 11) is 0. The molecule has 162 valence electrons. The van der Waals surface area contributed by atoms with E-state index in [1.54, 1.807) is 0 Å². The summed E-state index contributed by atoms with van der Waals surface area (Å²) in [4.78, 5) is 14.9. The van der Waals surface area contributed by atoms with Crippen LogP contribution in [0.15, 0.2) is 60.7 Å². The molecule has 0 saturated carbocycles. The molecule has 3 rings (SSSR count). The Bertz CT molecular complexity index is 728. The Morgan fingerprint density at radius 3 is 2.17 bits per heavy atom.